The van der Waals surface area contributed by atoms with E-state index in [1.807, 2.05) is 0 Å². The first-order valence-electron chi connectivity index (χ1n) is 5.47. The van der Waals surface area contributed by atoms with Crippen molar-refractivity contribution in [2.24, 2.45) is 0 Å². The maximum Gasteiger partial charge on any atom is 0.401 e. The number of carboxylic acid groups (broad SMARTS) is 1. The lowest BCUT2D eigenvalue weighted by atomic mass is 10.1. The number of aliphatic carboxylic acids is 1. The lowest BCUT2D eigenvalue weighted by molar-refractivity contribution is -0.157. The number of alkyl halides is 3. The molecule has 1 aromatic rings. The Hall–Kier alpha value is -1.27. The van der Waals surface area contributed by atoms with Crippen molar-refractivity contribution < 1.29 is 23.1 Å². The zero-order valence-electron chi connectivity index (χ0n) is 10.1. The molecule has 0 amide bonds. The average Bonchev–Trinajstić information content (AvgIpc) is 2.25. The highest BCUT2D eigenvalue weighted by Gasteiger charge is 2.33. The number of halogens is 4. The van der Waals surface area contributed by atoms with Crippen molar-refractivity contribution in [1.82, 2.24) is 4.90 Å². The van der Waals surface area contributed by atoms with Gasteiger partial charge in [-0.25, -0.2) is 0 Å². The standard InChI is InChI=1S/C12H13ClF3NO2/c1-8(9-2-4-10(13)5-3-9)17(6-11(18)19)7-12(14,15)16/h2-5,8H,6-7H2,1H3,(H,18,19). The minimum absolute atomic E-state index is 0.469. The average molecular weight is 296 g/mol. The van der Waals surface area contributed by atoms with Gasteiger partial charge in [-0.2, -0.15) is 13.2 Å². The highest BCUT2D eigenvalue weighted by molar-refractivity contribution is 6.30. The molecule has 106 valence electrons. The Balaban J connectivity index is 2.89. The molecule has 0 heterocycles. The van der Waals surface area contributed by atoms with Gasteiger partial charge in [0.2, 0.25) is 0 Å². The van der Waals surface area contributed by atoms with Crippen LogP contribution in [0.5, 0.6) is 0 Å². The van der Waals surface area contributed by atoms with E-state index in [9.17, 15) is 18.0 Å². The predicted molar refractivity (Wildman–Crippen MR) is 65.1 cm³/mol. The van der Waals surface area contributed by atoms with E-state index < -0.39 is 31.3 Å². The van der Waals surface area contributed by atoms with Gasteiger partial charge in [-0.05, 0) is 24.6 Å². The monoisotopic (exact) mass is 295 g/mol. The van der Waals surface area contributed by atoms with Crippen LogP contribution in [0, 0.1) is 0 Å². The largest absolute Gasteiger partial charge is 0.480 e. The smallest absolute Gasteiger partial charge is 0.401 e. The SMILES string of the molecule is CC(c1ccc(Cl)cc1)N(CC(=O)O)CC(F)(F)F. The summed E-state index contributed by atoms with van der Waals surface area (Å²) in [6.07, 6.45) is -4.45. The summed E-state index contributed by atoms with van der Waals surface area (Å²) >= 11 is 5.70. The Kier molecular flexibility index (Phi) is 5.20. The Morgan fingerprint density at radius 1 is 1.37 bits per heavy atom. The molecule has 0 bridgehead atoms. The van der Waals surface area contributed by atoms with Crippen LogP contribution in [0.25, 0.3) is 0 Å². The molecule has 0 saturated heterocycles. The Morgan fingerprint density at radius 3 is 2.32 bits per heavy atom. The Bertz CT molecular complexity index is 434. The zero-order chi connectivity index (χ0) is 14.6. The van der Waals surface area contributed by atoms with Gasteiger partial charge in [0.25, 0.3) is 0 Å². The molecule has 1 N–H and O–H groups in total. The number of carboxylic acids is 1. The second-order valence-corrected chi connectivity index (χ2v) is 4.58. The van der Waals surface area contributed by atoms with E-state index in [0.29, 0.717) is 10.6 Å². The third-order valence-corrected chi connectivity index (χ3v) is 2.87. The summed E-state index contributed by atoms with van der Waals surface area (Å²) in [5.74, 6) is -1.30. The van der Waals surface area contributed by atoms with Crippen molar-refractivity contribution in [1.29, 1.82) is 0 Å². The molecule has 3 nitrogen and oxygen atoms in total. The Labute approximate surface area is 113 Å². The summed E-state index contributed by atoms with van der Waals surface area (Å²) < 4.78 is 37.3. The lowest BCUT2D eigenvalue weighted by Gasteiger charge is -2.28. The van der Waals surface area contributed by atoms with Crippen LogP contribution >= 0.6 is 11.6 Å². The zero-order valence-corrected chi connectivity index (χ0v) is 10.9. The molecule has 7 heteroatoms. The number of hydrogen-bond acceptors (Lipinski definition) is 2. The number of carbonyl (C=O) groups is 1. The Morgan fingerprint density at radius 2 is 1.89 bits per heavy atom. The van der Waals surface area contributed by atoms with Crippen LogP contribution in [-0.4, -0.2) is 35.2 Å². The van der Waals surface area contributed by atoms with Gasteiger partial charge in [-0.3, -0.25) is 9.69 Å². The van der Waals surface area contributed by atoms with Gasteiger partial charge in [-0.1, -0.05) is 23.7 Å². The van der Waals surface area contributed by atoms with Gasteiger partial charge in [0.05, 0.1) is 13.1 Å². The van der Waals surface area contributed by atoms with Gasteiger partial charge in [0, 0.05) is 11.1 Å². The van der Waals surface area contributed by atoms with E-state index in [-0.39, 0.29) is 0 Å². The summed E-state index contributed by atoms with van der Waals surface area (Å²) in [6, 6.07) is 5.60. The summed E-state index contributed by atoms with van der Waals surface area (Å²) in [5.41, 5.74) is 0.579. The van der Waals surface area contributed by atoms with E-state index in [1.54, 1.807) is 24.3 Å². The molecule has 1 aromatic carbocycles. The van der Waals surface area contributed by atoms with Crippen molar-refractivity contribution in [2.45, 2.75) is 19.1 Å². The molecular formula is C12H13ClF3NO2. The molecular weight excluding hydrogens is 283 g/mol. The lowest BCUT2D eigenvalue weighted by Crippen LogP contribution is -2.39. The molecule has 1 unspecified atom stereocenters. The molecule has 0 aliphatic carbocycles. The second-order valence-electron chi connectivity index (χ2n) is 4.14. The van der Waals surface area contributed by atoms with Crippen molar-refractivity contribution in [3.8, 4) is 0 Å². The number of nitrogens with zero attached hydrogens (tertiary/aromatic N) is 1. The van der Waals surface area contributed by atoms with E-state index in [2.05, 4.69) is 0 Å². The fourth-order valence-electron chi connectivity index (χ4n) is 1.69. The van der Waals surface area contributed by atoms with E-state index in [0.717, 1.165) is 4.90 Å². The second kappa shape index (κ2) is 6.25. The first-order valence-corrected chi connectivity index (χ1v) is 5.85. The van der Waals surface area contributed by atoms with E-state index >= 15 is 0 Å². The molecule has 19 heavy (non-hydrogen) atoms. The summed E-state index contributed by atoms with van der Waals surface area (Å²) in [7, 11) is 0. The minimum atomic E-state index is -4.45. The quantitative estimate of drug-likeness (QED) is 0.905. The van der Waals surface area contributed by atoms with E-state index in [1.165, 1.54) is 6.92 Å². The molecule has 0 fully saturated rings. The van der Waals surface area contributed by atoms with Crippen LogP contribution in [0.3, 0.4) is 0 Å². The third kappa shape index (κ3) is 5.48. The van der Waals surface area contributed by atoms with Crippen LogP contribution in [0.15, 0.2) is 24.3 Å². The molecule has 0 spiro atoms. The van der Waals surface area contributed by atoms with Gasteiger partial charge in [-0.15, -0.1) is 0 Å². The van der Waals surface area contributed by atoms with Crippen molar-refractivity contribution in [2.75, 3.05) is 13.1 Å². The maximum atomic E-state index is 12.4. The van der Waals surface area contributed by atoms with Crippen molar-refractivity contribution >= 4 is 17.6 Å². The van der Waals surface area contributed by atoms with Crippen LogP contribution in [0.1, 0.15) is 18.5 Å². The minimum Gasteiger partial charge on any atom is -0.480 e. The number of rotatable bonds is 5. The van der Waals surface area contributed by atoms with E-state index in [4.69, 9.17) is 16.7 Å². The number of hydrogen-bond donors (Lipinski definition) is 1. The van der Waals surface area contributed by atoms with Gasteiger partial charge >= 0.3 is 12.1 Å². The highest BCUT2D eigenvalue weighted by Crippen LogP contribution is 2.26. The molecule has 0 aliphatic heterocycles. The van der Waals surface area contributed by atoms with Crippen LogP contribution in [-0.2, 0) is 4.79 Å². The fourth-order valence-corrected chi connectivity index (χ4v) is 1.81. The van der Waals surface area contributed by atoms with Gasteiger partial charge < -0.3 is 5.11 Å². The topological polar surface area (TPSA) is 40.5 Å². The molecule has 0 saturated carbocycles. The maximum absolute atomic E-state index is 12.4. The van der Waals surface area contributed by atoms with Crippen LogP contribution in [0.4, 0.5) is 13.2 Å². The first-order chi connectivity index (χ1) is 8.69. The third-order valence-electron chi connectivity index (χ3n) is 2.62. The normalized spacial score (nSPS) is 13.6. The molecule has 0 aromatic heterocycles. The number of benzene rings is 1. The first kappa shape index (κ1) is 15.8. The molecule has 0 aliphatic rings. The van der Waals surface area contributed by atoms with Gasteiger partial charge in [0.1, 0.15) is 0 Å². The molecule has 0 radical (unpaired) electrons. The summed E-state index contributed by atoms with van der Waals surface area (Å²) in [5, 5.41) is 9.16. The summed E-state index contributed by atoms with van der Waals surface area (Å²) in [4.78, 5) is 11.5. The predicted octanol–water partition coefficient (Wildman–Crippen LogP) is 3.35. The van der Waals surface area contributed by atoms with Crippen LogP contribution < -0.4 is 0 Å². The van der Waals surface area contributed by atoms with Crippen molar-refractivity contribution in [3.63, 3.8) is 0 Å². The summed E-state index contributed by atoms with van der Waals surface area (Å²) in [6.45, 7) is -0.426. The van der Waals surface area contributed by atoms with Crippen LogP contribution in [0.2, 0.25) is 5.02 Å². The fraction of sp³-hybridized carbons (Fsp3) is 0.417. The molecule has 1 atom stereocenters. The molecule has 1 rings (SSSR count). The van der Waals surface area contributed by atoms with Gasteiger partial charge in [0.15, 0.2) is 0 Å². The highest BCUT2D eigenvalue weighted by atomic mass is 35.5. The van der Waals surface area contributed by atoms with Crippen molar-refractivity contribution in [3.05, 3.63) is 34.9 Å².